The number of rotatable bonds is 6. The van der Waals surface area contributed by atoms with Crippen molar-refractivity contribution < 1.29 is 4.79 Å². The Morgan fingerprint density at radius 3 is 2.72 bits per heavy atom. The third-order valence-corrected chi connectivity index (χ3v) is 7.37. The molecule has 0 spiro atoms. The van der Waals surface area contributed by atoms with Crippen LogP contribution in [0.15, 0.2) is 24.5 Å². The van der Waals surface area contributed by atoms with Crippen LogP contribution in [0.2, 0.25) is 0 Å². The normalized spacial score (nSPS) is 17.1. The zero-order valence-corrected chi connectivity index (χ0v) is 19.2. The topological polar surface area (TPSA) is 95.1 Å². The number of hydrogen-bond acceptors (Lipinski definition) is 8. The number of piperazine rings is 1. The smallest absolute Gasteiger partial charge is 0.261 e. The first-order valence-corrected chi connectivity index (χ1v) is 12.3. The van der Waals surface area contributed by atoms with Gasteiger partial charge in [0, 0.05) is 38.3 Å². The predicted molar refractivity (Wildman–Crippen MR) is 129 cm³/mol. The summed E-state index contributed by atoms with van der Waals surface area (Å²) in [5.41, 5.74) is 3.13. The molecule has 1 aliphatic carbocycles. The van der Waals surface area contributed by atoms with Gasteiger partial charge in [-0.25, -0.2) is 15.0 Å². The van der Waals surface area contributed by atoms with Crippen LogP contribution in [0.3, 0.4) is 0 Å². The van der Waals surface area contributed by atoms with Crippen molar-refractivity contribution in [2.45, 2.75) is 38.5 Å². The molecule has 1 saturated heterocycles. The van der Waals surface area contributed by atoms with E-state index in [9.17, 15) is 4.79 Å². The Kier molecular flexibility index (Phi) is 6.18. The molecule has 4 heterocycles. The summed E-state index contributed by atoms with van der Waals surface area (Å²) < 4.78 is 0.959. The molecule has 1 aliphatic heterocycles. The highest BCUT2D eigenvalue weighted by atomic mass is 32.1. The highest BCUT2D eigenvalue weighted by Gasteiger charge is 2.28. The van der Waals surface area contributed by atoms with E-state index in [0.29, 0.717) is 24.2 Å². The van der Waals surface area contributed by atoms with E-state index in [4.69, 9.17) is 4.98 Å². The molecule has 168 valence electrons. The summed E-state index contributed by atoms with van der Waals surface area (Å²) >= 11 is 1.50. The lowest BCUT2D eigenvalue weighted by Crippen LogP contribution is -2.43. The number of anilines is 3. The average Bonchev–Trinajstić information content (AvgIpc) is 3.48. The van der Waals surface area contributed by atoms with Crippen LogP contribution in [0.5, 0.6) is 0 Å². The number of carbonyl (C=O) groups excluding carboxylic acids is 1. The minimum Gasteiger partial charge on any atom is -0.368 e. The molecule has 5 rings (SSSR count). The largest absolute Gasteiger partial charge is 0.368 e. The number of amides is 1. The number of pyridine rings is 1. The van der Waals surface area contributed by atoms with Gasteiger partial charge in [0.25, 0.3) is 5.91 Å². The minimum absolute atomic E-state index is 0.00271. The molecular weight excluding hydrogens is 422 g/mol. The van der Waals surface area contributed by atoms with Gasteiger partial charge >= 0.3 is 0 Å². The second kappa shape index (κ2) is 9.38. The maximum Gasteiger partial charge on any atom is 0.261 e. The van der Waals surface area contributed by atoms with Crippen molar-refractivity contribution in [2.75, 3.05) is 42.9 Å². The van der Waals surface area contributed by atoms with E-state index in [1.807, 2.05) is 25.4 Å². The summed E-state index contributed by atoms with van der Waals surface area (Å²) in [6.07, 6.45) is 8.35. The van der Waals surface area contributed by atoms with Gasteiger partial charge < -0.3 is 20.9 Å². The van der Waals surface area contributed by atoms with Crippen LogP contribution in [0.4, 0.5) is 17.5 Å². The fourth-order valence-electron chi connectivity index (χ4n) is 4.66. The molecule has 3 aromatic rings. The van der Waals surface area contributed by atoms with Gasteiger partial charge in [0.2, 0.25) is 5.95 Å². The molecule has 0 unspecified atom stereocenters. The number of thiophene rings is 1. The molecule has 9 heteroatoms. The van der Waals surface area contributed by atoms with Gasteiger partial charge in [0.15, 0.2) is 0 Å². The van der Waals surface area contributed by atoms with Gasteiger partial charge in [0.05, 0.1) is 33.2 Å². The third-order valence-electron chi connectivity index (χ3n) is 6.24. The van der Waals surface area contributed by atoms with Gasteiger partial charge in [-0.3, -0.25) is 4.79 Å². The fourth-order valence-corrected chi connectivity index (χ4v) is 5.77. The molecule has 0 atom stereocenters. The number of hydrogen-bond donors (Lipinski definition) is 3. The van der Waals surface area contributed by atoms with E-state index < -0.39 is 0 Å². The molecule has 8 nitrogen and oxygen atoms in total. The van der Waals surface area contributed by atoms with Crippen molar-refractivity contribution in [1.29, 1.82) is 0 Å². The standard InChI is InChI=1S/C23H29N7OS/c1-2-25-22(31)21-19(15-5-3-4-6-15)20-17(32-21)14-27-23(29-20)28-18-8-7-16(13-26-18)30-11-9-24-10-12-30/h7-8,13-15,24H,2-6,9-12H2,1H3,(H,25,31)(H,26,27,28,29). The van der Waals surface area contributed by atoms with E-state index in [1.54, 1.807) is 0 Å². The van der Waals surface area contributed by atoms with Crippen molar-refractivity contribution in [3.05, 3.63) is 35.0 Å². The Morgan fingerprint density at radius 1 is 1.19 bits per heavy atom. The van der Waals surface area contributed by atoms with Crippen LogP contribution in [-0.2, 0) is 0 Å². The molecule has 2 fully saturated rings. The maximum absolute atomic E-state index is 12.7. The van der Waals surface area contributed by atoms with Gasteiger partial charge in [-0.2, -0.15) is 0 Å². The fraction of sp³-hybridized carbons (Fsp3) is 0.478. The van der Waals surface area contributed by atoms with Crippen LogP contribution in [-0.4, -0.2) is 53.6 Å². The quantitative estimate of drug-likeness (QED) is 0.527. The molecule has 0 aromatic carbocycles. The van der Waals surface area contributed by atoms with Crippen LogP contribution in [0, 0.1) is 0 Å². The van der Waals surface area contributed by atoms with E-state index in [-0.39, 0.29) is 5.91 Å². The second-order valence-corrected chi connectivity index (χ2v) is 9.41. The van der Waals surface area contributed by atoms with Crippen LogP contribution >= 0.6 is 11.3 Å². The van der Waals surface area contributed by atoms with Crippen LogP contribution in [0.1, 0.15) is 53.8 Å². The lowest BCUT2D eigenvalue weighted by Gasteiger charge is -2.29. The Morgan fingerprint density at radius 2 is 2.00 bits per heavy atom. The highest BCUT2D eigenvalue weighted by Crippen LogP contribution is 2.42. The monoisotopic (exact) mass is 451 g/mol. The number of fused-ring (bicyclic) bond motifs is 1. The van der Waals surface area contributed by atoms with E-state index in [2.05, 4.69) is 36.9 Å². The zero-order valence-electron chi connectivity index (χ0n) is 18.4. The number of nitrogens with one attached hydrogen (secondary N) is 3. The number of carbonyl (C=O) groups is 1. The van der Waals surface area contributed by atoms with Gasteiger partial charge in [-0.15, -0.1) is 11.3 Å². The first-order valence-electron chi connectivity index (χ1n) is 11.5. The summed E-state index contributed by atoms with van der Waals surface area (Å²) in [6.45, 7) is 6.54. The molecular formula is C23H29N7OS. The molecule has 0 bridgehead atoms. The molecule has 32 heavy (non-hydrogen) atoms. The molecule has 0 radical (unpaired) electrons. The van der Waals surface area contributed by atoms with Crippen molar-refractivity contribution in [2.24, 2.45) is 0 Å². The SMILES string of the molecule is CCNC(=O)c1sc2cnc(Nc3ccc(N4CCNCC4)cn3)nc2c1C1CCCC1. The average molecular weight is 452 g/mol. The predicted octanol–water partition coefficient (Wildman–Crippen LogP) is 3.65. The van der Waals surface area contributed by atoms with Crippen molar-refractivity contribution in [3.63, 3.8) is 0 Å². The lowest BCUT2D eigenvalue weighted by molar-refractivity contribution is 0.0958. The van der Waals surface area contributed by atoms with Gasteiger partial charge in [0.1, 0.15) is 5.82 Å². The molecule has 3 aromatic heterocycles. The first-order chi connectivity index (χ1) is 15.7. The Bertz CT molecular complexity index is 1090. The van der Waals surface area contributed by atoms with E-state index in [1.165, 1.54) is 24.2 Å². The third kappa shape index (κ3) is 4.27. The highest BCUT2D eigenvalue weighted by molar-refractivity contribution is 7.21. The number of aromatic nitrogens is 3. The maximum atomic E-state index is 12.7. The van der Waals surface area contributed by atoms with Crippen molar-refractivity contribution in [3.8, 4) is 0 Å². The van der Waals surface area contributed by atoms with Crippen LogP contribution in [0.25, 0.3) is 10.2 Å². The second-order valence-electron chi connectivity index (χ2n) is 8.36. The summed E-state index contributed by atoms with van der Waals surface area (Å²) in [5, 5.41) is 9.58. The van der Waals surface area contributed by atoms with Crippen molar-refractivity contribution >= 4 is 44.9 Å². The summed E-state index contributed by atoms with van der Waals surface area (Å²) in [5.74, 6) is 1.61. The summed E-state index contributed by atoms with van der Waals surface area (Å²) in [7, 11) is 0. The van der Waals surface area contributed by atoms with E-state index >= 15 is 0 Å². The Hall–Kier alpha value is -2.78. The van der Waals surface area contributed by atoms with E-state index in [0.717, 1.165) is 65.4 Å². The summed E-state index contributed by atoms with van der Waals surface area (Å²) in [6, 6.07) is 4.05. The summed E-state index contributed by atoms with van der Waals surface area (Å²) in [4.78, 5) is 29.8. The number of nitrogens with zero attached hydrogens (tertiary/aromatic N) is 4. The Balaban J connectivity index is 1.42. The zero-order chi connectivity index (χ0) is 21.9. The Labute approximate surface area is 191 Å². The molecule has 2 aliphatic rings. The van der Waals surface area contributed by atoms with Crippen molar-refractivity contribution in [1.82, 2.24) is 25.6 Å². The minimum atomic E-state index is -0.00271. The molecule has 3 N–H and O–H groups in total. The lowest BCUT2D eigenvalue weighted by atomic mass is 9.96. The molecule has 1 saturated carbocycles. The van der Waals surface area contributed by atoms with Gasteiger partial charge in [-0.1, -0.05) is 12.8 Å². The van der Waals surface area contributed by atoms with Gasteiger partial charge in [-0.05, 0) is 37.8 Å². The first kappa shape index (κ1) is 21.1. The van der Waals surface area contributed by atoms with Crippen LogP contribution < -0.4 is 20.9 Å². The molecule has 1 amide bonds.